The first-order valence-electron chi connectivity index (χ1n) is 6.55. The molecule has 1 aromatic carbocycles. The fourth-order valence-corrected chi connectivity index (χ4v) is 2.73. The molecule has 1 nitrogen and oxygen atoms in total. The standard InChI is InChI=1S/C15H22OS/c1-2-3-4-5-6-7-11-17-15-10-8-9-14(12-15)13-16/h8-10,12-13H,2-7,11H2,1H3. The SMILES string of the molecule is CCCCCCCCSc1cccc(C=O)c1. The highest BCUT2D eigenvalue weighted by Gasteiger charge is 1.96. The average molecular weight is 250 g/mol. The Labute approximate surface area is 109 Å². The summed E-state index contributed by atoms with van der Waals surface area (Å²) in [7, 11) is 0. The van der Waals surface area contributed by atoms with Gasteiger partial charge in [0.15, 0.2) is 0 Å². The van der Waals surface area contributed by atoms with Crippen LogP contribution in [0.2, 0.25) is 0 Å². The third-order valence-electron chi connectivity index (χ3n) is 2.76. The predicted molar refractivity (Wildman–Crippen MR) is 75.9 cm³/mol. The second-order valence-corrected chi connectivity index (χ2v) is 5.47. The van der Waals surface area contributed by atoms with E-state index in [0.717, 1.165) is 17.6 Å². The van der Waals surface area contributed by atoms with Crippen LogP contribution < -0.4 is 0 Å². The van der Waals surface area contributed by atoms with Crippen LogP contribution in [0.4, 0.5) is 0 Å². The van der Waals surface area contributed by atoms with Crippen molar-refractivity contribution < 1.29 is 4.79 Å². The van der Waals surface area contributed by atoms with Gasteiger partial charge in [-0.05, 0) is 24.3 Å². The average Bonchev–Trinajstić information content (AvgIpc) is 2.38. The van der Waals surface area contributed by atoms with Crippen molar-refractivity contribution in [3.63, 3.8) is 0 Å². The second kappa shape index (κ2) is 9.29. The number of thioether (sulfide) groups is 1. The first kappa shape index (κ1) is 14.3. The maximum atomic E-state index is 10.6. The van der Waals surface area contributed by atoms with Gasteiger partial charge in [0.25, 0.3) is 0 Å². The number of rotatable bonds is 9. The summed E-state index contributed by atoms with van der Waals surface area (Å²) in [6.45, 7) is 2.25. The minimum Gasteiger partial charge on any atom is -0.298 e. The summed E-state index contributed by atoms with van der Waals surface area (Å²) >= 11 is 1.85. The molecule has 0 aliphatic rings. The summed E-state index contributed by atoms with van der Waals surface area (Å²) in [4.78, 5) is 11.8. The maximum Gasteiger partial charge on any atom is 0.150 e. The summed E-state index contributed by atoms with van der Waals surface area (Å²) in [5, 5.41) is 0. The molecule has 0 aliphatic carbocycles. The van der Waals surface area contributed by atoms with Gasteiger partial charge in [-0.2, -0.15) is 0 Å². The molecule has 0 atom stereocenters. The third kappa shape index (κ3) is 6.52. The van der Waals surface area contributed by atoms with Crippen LogP contribution in [0.25, 0.3) is 0 Å². The number of benzene rings is 1. The van der Waals surface area contributed by atoms with Gasteiger partial charge in [0.05, 0.1) is 0 Å². The normalized spacial score (nSPS) is 10.4. The summed E-state index contributed by atoms with van der Waals surface area (Å²) in [6, 6.07) is 7.85. The Morgan fingerprint density at radius 2 is 1.88 bits per heavy atom. The van der Waals surface area contributed by atoms with Crippen molar-refractivity contribution in [2.24, 2.45) is 0 Å². The Morgan fingerprint density at radius 1 is 1.12 bits per heavy atom. The molecule has 0 unspecified atom stereocenters. The first-order valence-corrected chi connectivity index (χ1v) is 7.53. The van der Waals surface area contributed by atoms with Gasteiger partial charge in [-0.25, -0.2) is 0 Å². The molecule has 0 N–H and O–H groups in total. The Bertz CT molecular complexity index is 322. The van der Waals surface area contributed by atoms with Crippen LogP contribution in [-0.2, 0) is 0 Å². The van der Waals surface area contributed by atoms with Crippen molar-refractivity contribution in [3.05, 3.63) is 29.8 Å². The summed E-state index contributed by atoms with van der Waals surface area (Å²) in [5.41, 5.74) is 0.776. The van der Waals surface area contributed by atoms with Gasteiger partial charge in [-0.1, -0.05) is 51.2 Å². The van der Waals surface area contributed by atoms with Crippen LogP contribution in [0.5, 0.6) is 0 Å². The highest BCUT2D eigenvalue weighted by atomic mass is 32.2. The van der Waals surface area contributed by atoms with Gasteiger partial charge in [-0.3, -0.25) is 4.79 Å². The lowest BCUT2D eigenvalue weighted by Gasteiger charge is -2.02. The largest absolute Gasteiger partial charge is 0.298 e. The van der Waals surface area contributed by atoms with E-state index in [1.807, 2.05) is 30.0 Å². The molecule has 94 valence electrons. The van der Waals surface area contributed by atoms with Crippen molar-refractivity contribution >= 4 is 18.0 Å². The Hall–Kier alpha value is -0.760. The zero-order chi connectivity index (χ0) is 12.3. The van der Waals surface area contributed by atoms with Crippen LogP contribution >= 0.6 is 11.8 Å². The van der Waals surface area contributed by atoms with E-state index in [4.69, 9.17) is 0 Å². The highest BCUT2D eigenvalue weighted by Crippen LogP contribution is 2.20. The van der Waals surface area contributed by atoms with E-state index in [1.165, 1.54) is 43.4 Å². The second-order valence-electron chi connectivity index (χ2n) is 4.31. The van der Waals surface area contributed by atoms with Crippen LogP contribution in [0.1, 0.15) is 55.8 Å². The Balaban J connectivity index is 2.11. The molecular weight excluding hydrogens is 228 g/mol. The van der Waals surface area contributed by atoms with E-state index >= 15 is 0 Å². The van der Waals surface area contributed by atoms with E-state index in [-0.39, 0.29) is 0 Å². The zero-order valence-electron chi connectivity index (χ0n) is 10.7. The summed E-state index contributed by atoms with van der Waals surface area (Å²) in [5.74, 6) is 1.16. The van der Waals surface area contributed by atoms with Gasteiger partial charge >= 0.3 is 0 Å². The van der Waals surface area contributed by atoms with Crippen molar-refractivity contribution in [2.75, 3.05) is 5.75 Å². The number of hydrogen-bond donors (Lipinski definition) is 0. The van der Waals surface area contributed by atoms with Gasteiger partial charge in [0, 0.05) is 10.5 Å². The fourth-order valence-electron chi connectivity index (χ4n) is 1.75. The molecule has 0 spiro atoms. The molecule has 0 aliphatic heterocycles. The van der Waals surface area contributed by atoms with E-state index < -0.39 is 0 Å². The summed E-state index contributed by atoms with van der Waals surface area (Å²) in [6.07, 6.45) is 8.95. The molecule has 0 aromatic heterocycles. The van der Waals surface area contributed by atoms with Crippen molar-refractivity contribution in [1.82, 2.24) is 0 Å². The minimum atomic E-state index is 0.776. The predicted octanol–water partition coefficient (Wildman–Crippen LogP) is 4.95. The molecule has 0 saturated heterocycles. The first-order chi connectivity index (χ1) is 8.36. The molecule has 0 heterocycles. The van der Waals surface area contributed by atoms with Crippen molar-refractivity contribution in [1.29, 1.82) is 0 Å². The van der Waals surface area contributed by atoms with E-state index in [0.29, 0.717) is 0 Å². The van der Waals surface area contributed by atoms with Crippen LogP contribution in [0.3, 0.4) is 0 Å². The molecule has 0 bridgehead atoms. The molecule has 1 aromatic rings. The Kier molecular flexibility index (Phi) is 7.81. The molecule has 2 heteroatoms. The van der Waals surface area contributed by atoms with E-state index in [9.17, 15) is 4.79 Å². The maximum absolute atomic E-state index is 10.6. The zero-order valence-corrected chi connectivity index (χ0v) is 11.5. The van der Waals surface area contributed by atoms with Crippen LogP contribution in [0, 0.1) is 0 Å². The summed E-state index contributed by atoms with van der Waals surface area (Å²) < 4.78 is 0. The van der Waals surface area contributed by atoms with Crippen molar-refractivity contribution in [3.8, 4) is 0 Å². The number of carbonyl (C=O) groups is 1. The quantitative estimate of drug-likeness (QED) is 0.350. The lowest BCUT2D eigenvalue weighted by atomic mass is 10.1. The van der Waals surface area contributed by atoms with Gasteiger partial charge < -0.3 is 0 Å². The van der Waals surface area contributed by atoms with E-state index in [2.05, 4.69) is 13.0 Å². The Morgan fingerprint density at radius 3 is 2.65 bits per heavy atom. The molecule has 0 saturated carbocycles. The van der Waals surface area contributed by atoms with Gasteiger partial charge in [0.1, 0.15) is 6.29 Å². The number of aldehydes is 1. The number of unbranched alkanes of at least 4 members (excludes halogenated alkanes) is 5. The third-order valence-corrected chi connectivity index (χ3v) is 3.84. The lowest BCUT2D eigenvalue weighted by molar-refractivity contribution is 0.112. The number of hydrogen-bond acceptors (Lipinski definition) is 2. The van der Waals surface area contributed by atoms with Gasteiger partial charge in [0.2, 0.25) is 0 Å². The lowest BCUT2D eigenvalue weighted by Crippen LogP contribution is -1.84. The topological polar surface area (TPSA) is 17.1 Å². The molecule has 17 heavy (non-hydrogen) atoms. The number of carbonyl (C=O) groups excluding carboxylic acids is 1. The molecule has 0 amide bonds. The molecule has 0 fully saturated rings. The van der Waals surface area contributed by atoms with Crippen LogP contribution in [-0.4, -0.2) is 12.0 Å². The smallest absolute Gasteiger partial charge is 0.150 e. The van der Waals surface area contributed by atoms with Gasteiger partial charge in [-0.15, -0.1) is 11.8 Å². The highest BCUT2D eigenvalue weighted by molar-refractivity contribution is 7.99. The molecule has 0 radical (unpaired) electrons. The fraction of sp³-hybridized carbons (Fsp3) is 0.533. The van der Waals surface area contributed by atoms with Crippen LogP contribution in [0.15, 0.2) is 29.2 Å². The molecular formula is C15H22OS. The van der Waals surface area contributed by atoms with E-state index in [1.54, 1.807) is 0 Å². The monoisotopic (exact) mass is 250 g/mol. The minimum absolute atomic E-state index is 0.776. The molecule has 1 rings (SSSR count). The van der Waals surface area contributed by atoms with Crippen molar-refractivity contribution in [2.45, 2.75) is 50.3 Å².